The number of hydrogen-bond donors (Lipinski definition) is 1. The van der Waals surface area contributed by atoms with Crippen molar-refractivity contribution in [3.05, 3.63) is 41.0 Å². The van der Waals surface area contributed by atoms with E-state index in [1.165, 1.54) is 29.5 Å². The minimum absolute atomic E-state index is 0.862. The number of benzene rings is 1. The quantitative estimate of drug-likeness (QED) is 0.789. The summed E-state index contributed by atoms with van der Waals surface area (Å²) in [4.78, 5) is 0. The topological polar surface area (TPSA) is 12.0 Å². The standard InChI is InChI=1S/C14H19N/c1-11(10-15-2)9-12-3-5-13(6-4-12)14-7-8-14/h3-6,9,14-15H,7-8,10H2,1-2H3. The van der Waals surface area contributed by atoms with Crippen LogP contribution in [0.15, 0.2) is 29.8 Å². The van der Waals surface area contributed by atoms with Crippen molar-refractivity contribution in [1.82, 2.24) is 5.32 Å². The van der Waals surface area contributed by atoms with Crippen LogP contribution in [0, 0.1) is 0 Å². The zero-order valence-corrected chi connectivity index (χ0v) is 9.59. The van der Waals surface area contributed by atoms with Crippen molar-refractivity contribution in [2.45, 2.75) is 25.7 Å². The SMILES string of the molecule is CNCC(C)=Cc1ccc(C2CC2)cc1. The molecule has 0 spiro atoms. The summed E-state index contributed by atoms with van der Waals surface area (Å²) in [6.07, 6.45) is 5.01. The summed E-state index contributed by atoms with van der Waals surface area (Å²) in [5, 5.41) is 3.16. The van der Waals surface area contributed by atoms with Crippen molar-refractivity contribution < 1.29 is 0 Å². The van der Waals surface area contributed by atoms with E-state index in [9.17, 15) is 0 Å². The summed E-state index contributed by atoms with van der Waals surface area (Å²) in [6.45, 7) is 3.12. The molecule has 0 atom stereocenters. The van der Waals surface area contributed by atoms with Gasteiger partial charge in [-0.15, -0.1) is 0 Å². The van der Waals surface area contributed by atoms with Crippen LogP contribution in [0.25, 0.3) is 6.08 Å². The van der Waals surface area contributed by atoms with Crippen LogP contribution in [0.1, 0.15) is 36.8 Å². The normalized spacial score (nSPS) is 16.8. The van der Waals surface area contributed by atoms with E-state index in [1.807, 2.05) is 7.05 Å². The van der Waals surface area contributed by atoms with Crippen molar-refractivity contribution in [3.8, 4) is 0 Å². The Hall–Kier alpha value is -1.08. The Bertz CT molecular complexity index is 344. The highest BCUT2D eigenvalue weighted by Gasteiger charge is 2.22. The van der Waals surface area contributed by atoms with Crippen molar-refractivity contribution >= 4 is 6.08 Å². The molecule has 1 aliphatic carbocycles. The van der Waals surface area contributed by atoms with E-state index in [2.05, 4.69) is 42.6 Å². The minimum Gasteiger partial charge on any atom is -0.316 e. The molecule has 1 aromatic rings. The second kappa shape index (κ2) is 4.63. The maximum Gasteiger partial charge on any atom is 0.0162 e. The van der Waals surface area contributed by atoms with E-state index < -0.39 is 0 Å². The Balaban J connectivity index is 2.05. The molecule has 0 amide bonds. The fraction of sp³-hybridized carbons (Fsp3) is 0.429. The second-order valence-corrected chi connectivity index (χ2v) is 4.46. The van der Waals surface area contributed by atoms with Crippen LogP contribution < -0.4 is 5.32 Å². The third-order valence-electron chi connectivity index (χ3n) is 2.85. The second-order valence-electron chi connectivity index (χ2n) is 4.46. The molecule has 1 N–H and O–H groups in total. The molecule has 0 radical (unpaired) electrons. The van der Waals surface area contributed by atoms with Gasteiger partial charge in [0.15, 0.2) is 0 Å². The number of rotatable bonds is 4. The highest BCUT2D eigenvalue weighted by molar-refractivity contribution is 5.53. The van der Waals surface area contributed by atoms with Gasteiger partial charge >= 0.3 is 0 Å². The van der Waals surface area contributed by atoms with Crippen LogP contribution >= 0.6 is 0 Å². The molecule has 1 aromatic carbocycles. The Morgan fingerprint density at radius 1 is 1.33 bits per heavy atom. The third kappa shape index (κ3) is 2.93. The lowest BCUT2D eigenvalue weighted by Crippen LogP contribution is -2.08. The van der Waals surface area contributed by atoms with Gasteiger partial charge in [-0.25, -0.2) is 0 Å². The molecule has 1 aliphatic rings. The average Bonchev–Trinajstić information content (AvgIpc) is 3.03. The Kier molecular flexibility index (Phi) is 3.22. The molecule has 1 fully saturated rings. The summed E-state index contributed by atoms with van der Waals surface area (Å²) >= 11 is 0. The predicted molar refractivity (Wildman–Crippen MR) is 66.0 cm³/mol. The van der Waals surface area contributed by atoms with E-state index >= 15 is 0 Å². The van der Waals surface area contributed by atoms with Gasteiger partial charge < -0.3 is 5.32 Å². The fourth-order valence-electron chi connectivity index (χ4n) is 1.90. The number of nitrogens with one attached hydrogen (secondary N) is 1. The summed E-state index contributed by atoms with van der Waals surface area (Å²) in [6, 6.07) is 9.01. The van der Waals surface area contributed by atoms with Crippen LogP contribution in [0.5, 0.6) is 0 Å². The van der Waals surface area contributed by atoms with Crippen LogP contribution in [-0.4, -0.2) is 13.6 Å². The molecule has 0 aliphatic heterocycles. The molecule has 15 heavy (non-hydrogen) atoms. The molecule has 0 heterocycles. The summed E-state index contributed by atoms with van der Waals surface area (Å²) < 4.78 is 0. The van der Waals surface area contributed by atoms with Gasteiger partial charge in [0.1, 0.15) is 0 Å². The summed E-state index contributed by atoms with van der Waals surface area (Å²) in [5.74, 6) is 0.862. The Morgan fingerprint density at radius 3 is 2.53 bits per heavy atom. The first-order valence-electron chi connectivity index (χ1n) is 5.71. The molecule has 0 saturated heterocycles. The van der Waals surface area contributed by atoms with E-state index in [-0.39, 0.29) is 0 Å². The first-order valence-corrected chi connectivity index (χ1v) is 5.71. The van der Waals surface area contributed by atoms with Gasteiger partial charge in [-0.2, -0.15) is 0 Å². The van der Waals surface area contributed by atoms with Crippen LogP contribution in [-0.2, 0) is 0 Å². The highest BCUT2D eigenvalue weighted by Crippen LogP contribution is 2.39. The lowest BCUT2D eigenvalue weighted by atomic mass is 10.1. The molecule has 0 unspecified atom stereocenters. The molecule has 1 heteroatoms. The maximum absolute atomic E-state index is 3.16. The van der Waals surface area contributed by atoms with E-state index in [0.717, 1.165) is 12.5 Å². The molecule has 80 valence electrons. The van der Waals surface area contributed by atoms with Gasteiger partial charge in [-0.05, 0) is 43.9 Å². The van der Waals surface area contributed by atoms with Crippen molar-refractivity contribution in [2.75, 3.05) is 13.6 Å². The van der Waals surface area contributed by atoms with Gasteiger partial charge in [0, 0.05) is 6.54 Å². The first kappa shape index (κ1) is 10.4. The van der Waals surface area contributed by atoms with Crippen molar-refractivity contribution in [1.29, 1.82) is 0 Å². The lowest BCUT2D eigenvalue weighted by molar-refractivity contribution is 0.884. The van der Waals surface area contributed by atoms with E-state index in [1.54, 1.807) is 0 Å². The van der Waals surface area contributed by atoms with Gasteiger partial charge in [0.05, 0.1) is 0 Å². The predicted octanol–water partition coefficient (Wildman–Crippen LogP) is 3.19. The Labute approximate surface area is 92.2 Å². The zero-order chi connectivity index (χ0) is 10.7. The van der Waals surface area contributed by atoms with Crippen molar-refractivity contribution in [3.63, 3.8) is 0 Å². The molecular weight excluding hydrogens is 182 g/mol. The summed E-state index contributed by atoms with van der Waals surface area (Å²) in [5.41, 5.74) is 4.20. The van der Waals surface area contributed by atoms with Crippen LogP contribution in [0.3, 0.4) is 0 Å². The van der Waals surface area contributed by atoms with Crippen LogP contribution in [0.4, 0.5) is 0 Å². The molecule has 1 saturated carbocycles. The van der Waals surface area contributed by atoms with Gasteiger partial charge in [-0.1, -0.05) is 35.9 Å². The Morgan fingerprint density at radius 2 is 2.00 bits per heavy atom. The van der Waals surface area contributed by atoms with Crippen LogP contribution in [0.2, 0.25) is 0 Å². The van der Waals surface area contributed by atoms with Gasteiger partial charge in [-0.3, -0.25) is 0 Å². The molecule has 2 rings (SSSR count). The van der Waals surface area contributed by atoms with E-state index in [0.29, 0.717) is 0 Å². The zero-order valence-electron chi connectivity index (χ0n) is 9.59. The number of hydrogen-bond acceptors (Lipinski definition) is 1. The molecule has 0 aromatic heterocycles. The van der Waals surface area contributed by atoms with E-state index in [4.69, 9.17) is 0 Å². The smallest absolute Gasteiger partial charge is 0.0162 e. The van der Waals surface area contributed by atoms with Gasteiger partial charge in [0.25, 0.3) is 0 Å². The largest absolute Gasteiger partial charge is 0.316 e. The maximum atomic E-state index is 3.16. The van der Waals surface area contributed by atoms with Gasteiger partial charge in [0.2, 0.25) is 0 Å². The fourth-order valence-corrected chi connectivity index (χ4v) is 1.90. The number of likely N-dealkylation sites (N-methyl/N-ethyl adjacent to an activating group) is 1. The molecule has 1 nitrogen and oxygen atoms in total. The average molecular weight is 201 g/mol. The minimum atomic E-state index is 0.862. The highest BCUT2D eigenvalue weighted by atomic mass is 14.8. The lowest BCUT2D eigenvalue weighted by Gasteiger charge is -2.01. The molecular formula is C14H19N. The molecule has 0 bridgehead atoms. The first-order chi connectivity index (χ1) is 7.29. The third-order valence-corrected chi connectivity index (χ3v) is 2.85. The summed E-state index contributed by atoms with van der Waals surface area (Å²) in [7, 11) is 1.98. The monoisotopic (exact) mass is 201 g/mol. The van der Waals surface area contributed by atoms with Crippen molar-refractivity contribution in [2.24, 2.45) is 0 Å².